The number of aliphatic hydroxyl groups excluding tert-OH is 1. The minimum absolute atomic E-state index is 0.00540. The first-order valence-electron chi connectivity index (χ1n) is 35.9. The SMILES string of the molecule is C=S(C)(=O)NC(C)c1cccc(C[C@H](NC(=O)c2c(Cl)cc3c(c2Cl)CCN(C(=O)c2ccc4ccoc4c2)C3)C(=O)O)c1.CC(=O)[C@H](CN=C(N)NC#N)NC(=O)c1c(Cl)cc2c(c1Cl)CCN(C(=O)c1ccc3ccoc3c1)C2.N#CNC(CCCF)=NC[C@H](NC(=O)c1c(Cl)cc(CCC(O)c2cccc(O)c2)cc1Cl)C(=O)O. The van der Waals surface area contributed by atoms with Crippen LogP contribution in [0, 0.1) is 22.9 Å². The van der Waals surface area contributed by atoms with E-state index in [-0.39, 0.29) is 127 Å². The van der Waals surface area contributed by atoms with Gasteiger partial charge in [0.25, 0.3) is 29.5 Å². The van der Waals surface area contributed by atoms with Crippen molar-refractivity contribution in [2.45, 2.75) is 102 Å². The molecule has 117 heavy (non-hydrogen) atoms. The third-order valence-electron chi connectivity index (χ3n) is 18.7. The number of guanidine groups is 1. The quantitative estimate of drug-likeness (QED) is 0.00749. The van der Waals surface area contributed by atoms with Gasteiger partial charge in [0.2, 0.25) is 5.96 Å². The van der Waals surface area contributed by atoms with Gasteiger partial charge in [0.1, 0.15) is 40.9 Å². The number of aliphatic hydroxyl groups is 1. The number of halogens is 7. The average molecular weight is 1740 g/mol. The van der Waals surface area contributed by atoms with Gasteiger partial charge in [-0.3, -0.25) is 58.0 Å². The lowest BCUT2D eigenvalue weighted by atomic mass is 9.95. The molecule has 11 rings (SSSR count). The normalized spacial score (nSPS) is 14.3. The number of ketones is 1. The van der Waals surface area contributed by atoms with Crippen molar-refractivity contribution in [1.82, 2.24) is 41.1 Å². The van der Waals surface area contributed by atoms with E-state index in [1.165, 1.54) is 37.4 Å². The molecule has 12 N–H and O–H groups in total. The van der Waals surface area contributed by atoms with Gasteiger partial charge in [0.05, 0.1) is 85.2 Å². The molecule has 0 saturated carbocycles. The Hall–Kier alpha value is -11.3. The Balaban J connectivity index is 0.000000202. The molecular weight excluding hydrogens is 1660 g/mol. The third kappa shape index (κ3) is 24.0. The highest BCUT2D eigenvalue weighted by Crippen LogP contribution is 2.38. The molecule has 5 amide bonds. The summed E-state index contributed by atoms with van der Waals surface area (Å²) in [6.07, 6.45) is 8.70. The molecule has 2 aromatic heterocycles. The molecule has 0 aliphatic carbocycles. The van der Waals surface area contributed by atoms with Crippen LogP contribution in [0.25, 0.3) is 21.9 Å². The second-order valence-electron chi connectivity index (χ2n) is 27.2. The van der Waals surface area contributed by atoms with E-state index in [9.17, 15) is 67.4 Å². The van der Waals surface area contributed by atoms with Crippen molar-refractivity contribution in [3.8, 4) is 18.1 Å². The van der Waals surface area contributed by atoms with E-state index >= 15 is 0 Å². The van der Waals surface area contributed by atoms with Gasteiger partial charge in [-0.1, -0.05) is 118 Å². The van der Waals surface area contributed by atoms with E-state index < -0.39 is 76.8 Å². The van der Waals surface area contributed by atoms with E-state index in [4.69, 9.17) is 94.7 Å². The lowest BCUT2D eigenvalue weighted by Crippen LogP contribution is -2.43. The average Bonchev–Trinajstić information content (AvgIpc) is 0.918. The van der Waals surface area contributed by atoms with Gasteiger partial charge in [0.15, 0.2) is 18.2 Å². The lowest BCUT2D eigenvalue weighted by molar-refractivity contribution is -0.140. The number of nitrogens with one attached hydrogen (secondary N) is 6. The Kier molecular flexibility index (Phi) is 31.4. The van der Waals surface area contributed by atoms with Gasteiger partial charge in [-0.2, -0.15) is 10.5 Å². The van der Waals surface area contributed by atoms with Crippen LogP contribution in [0.4, 0.5) is 4.39 Å². The maximum Gasteiger partial charge on any atom is 0.328 e. The number of carboxylic acids is 2. The number of amides is 5. The molecule has 0 radical (unpaired) electrons. The van der Waals surface area contributed by atoms with Gasteiger partial charge < -0.3 is 60.7 Å². The second kappa shape index (κ2) is 41.0. The van der Waals surface area contributed by atoms with Gasteiger partial charge >= 0.3 is 11.9 Å². The van der Waals surface area contributed by atoms with Crippen LogP contribution in [0.1, 0.15) is 142 Å². The minimum atomic E-state index is -2.46. The molecule has 7 aromatic carbocycles. The Morgan fingerprint density at radius 1 is 0.641 bits per heavy atom. The zero-order chi connectivity index (χ0) is 85.1. The number of hydrogen-bond donors (Lipinski definition) is 11. The summed E-state index contributed by atoms with van der Waals surface area (Å²) in [5.41, 5.74) is 13.1. The highest BCUT2D eigenvalue weighted by atomic mass is 35.5. The van der Waals surface area contributed by atoms with Crippen LogP contribution in [0.2, 0.25) is 30.1 Å². The number of alkyl halides is 1. The zero-order valence-electron chi connectivity index (χ0n) is 62.8. The van der Waals surface area contributed by atoms with Crippen LogP contribution in [0.3, 0.4) is 0 Å². The van der Waals surface area contributed by atoms with Crippen LogP contribution >= 0.6 is 69.6 Å². The number of phenols is 1. The smallest absolute Gasteiger partial charge is 0.328 e. The predicted molar refractivity (Wildman–Crippen MR) is 444 cm³/mol. The number of aryl methyl sites for hydroxylation is 1. The fourth-order valence-corrected chi connectivity index (χ4v) is 15.9. The summed E-state index contributed by atoms with van der Waals surface area (Å²) < 4.78 is 38.2. The van der Waals surface area contributed by atoms with Crippen LogP contribution in [0.5, 0.6) is 5.75 Å². The number of nitrogens with two attached hydrogens (primary N) is 1. The number of aliphatic imine (C=N–C) groups is 2. The number of nitrogens with zero attached hydrogens (tertiary/aromatic N) is 6. The Morgan fingerprint density at radius 3 is 1.64 bits per heavy atom. The number of fused-ring (bicyclic) bond motifs is 4. The van der Waals surface area contributed by atoms with E-state index in [0.717, 1.165) is 21.9 Å². The summed E-state index contributed by atoms with van der Waals surface area (Å²) in [6, 6.07) is 29.8. The Morgan fingerprint density at radius 2 is 1.14 bits per heavy atom. The number of Topliss-reactive ketones (excluding diaryl/α,β-unsaturated/α-hetero) is 1. The highest BCUT2D eigenvalue weighted by Gasteiger charge is 2.33. The molecule has 3 unspecified atom stereocenters. The predicted octanol–water partition coefficient (Wildman–Crippen LogP) is 12.1. The van der Waals surface area contributed by atoms with E-state index in [1.54, 1.807) is 101 Å². The van der Waals surface area contributed by atoms with E-state index in [2.05, 4.69) is 47.2 Å². The topological polar surface area (TPSA) is 438 Å². The molecule has 0 spiro atoms. The zero-order valence-corrected chi connectivity index (χ0v) is 68.1. The number of carbonyl (C=O) groups is 8. The first kappa shape index (κ1) is 89.6. The molecule has 36 heteroatoms. The Labute approximate surface area is 700 Å². The lowest BCUT2D eigenvalue weighted by Gasteiger charge is -2.30. The first-order valence-corrected chi connectivity index (χ1v) is 40.3. The summed E-state index contributed by atoms with van der Waals surface area (Å²) in [5, 5.41) is 70.7. The van der Waals surface area contributed by atoms with Crippen molar-refractivity contribution in [2.24, 2.45) is 15.7 Å². The first-order chi connectivity index (χ1) is 55.6. The summed E-state index contributed by atoms with van der Waals surface area (Å²) >= 11 is 38.9. The highest BCUT2D eigenvalue weighted by molar-refractivity contribution is 7.97. The van der Waals surface area contributed by atoms with Crippen molar-refractivity contribution in [3.05, 3.63) is 236 Å². The van der Waals surface area contributed by atoms with Gasteiger partial charge in [0, 0.05) is 82.9 Å². The van der Waals surface area contributed by atoms with Crippen molar-refractivity contribution in [1.29, 1.82) is 10.5 Å². The summed E-state index contributed by atoms with van der Waals surface area (Å²) in [6.45, 7) is 3.18. The minimum Gasteiger partial charge on any atom is -0.508 e. The van der Waals surface area contributed by atoms with Crippen molar-refractivity contribution >= 4 is 166 Å². The second-order valence-corrected chi connectivity index (χ2v) is 31.8. The Bertz CT molecular complexity index is 5550. The van der Waals surface area contributed by atoms with Crippen LogP contribution in [0.15, 0.2) is 153 Å². The van der Waals surface area contributed by atoms with Crippen molar-refractivity contribution < 1.29 is 76.2 Å². The molecule has 0 fully saturated rings. The van der Waals surface area contributed by atoms with Crippen LogP contribution in [-0.4, -0.2) is 157 Å². The summed E-state index contributed by atoms with van der Waals surface area (Å²) in [4.78, 5) is 113. The van der Waals surface area contributed by atoms with Gasteiger partial charge in [-0.25, -0.2) is 14.3 Å². The molecule has 0 bridgehead atoms. The number of carbonyl (C=O) groups excluding carboxylic acids is 6. The van der Waals surface area contributed by atoms with E-state index in [0.29, 0.717) is 94.4 Å². The number of nitriles is 2. The number of hydrogen-bond acceptors (Lipinski definition) is 17. The van der Waals surface area contributed by atoms with Gasteiger partial charge in [-0.05, 0) is 169 Å². The number of phenolic OH excluding ortho intramolecular Hbond substituents is 1. The molecule has 4 heterocycles. The summed E-state index contributed by atoms with van der Waals surface area (Å²) in [7, 11) is -2.46. The maximum absolute atomic E-state index is 13.4. The number of amidine groups is 1. The van der Waals surface area contributed by atoms with Crippen molar-refractivity contribution in [2.75, 3.05) is 39.1 Å². The monoisotopic (exact) mass is 1730 g/mol. The number of aromatic hydroxyl groups is 1. The van der Waals surface area contributed by atoms with Crippen LogP contribution < -0.4 is 37.0 Å². The standard InChI is InChI=1S/C32H31Cl2N3O6S.C25H22Cl2N6O4.C24H25Cl2FN4O5/c1-18(36-44(2,3)42)21-6-4-5-19(13-21)14-26(32(40)41)35-30(38)28-25(33)15-23-17-37(11-9-24(23)29(28)34)31(39)22-8-7-20-10-12-43-27(20)16-22;1-13(34)19(10-30-25(29)31-12-28)32-23(35)21-18(26)8-16-11-33(6-4-17(16)22(21)27)24(36)15-3-2-14-5-7-37-20(14)9-15;25-17-9-14(6-7-20(33)15-3-1-4-16(32)11-15)10-18(26)22(17)23(34)31-19(24(35)36)12-29-21(30-13-28)5-2-8-27/h4-8,10,12-13,15-16,18,26H,2,9,11,14,17H2,1,3H3,(H,35,38)(H,36,42)(H,40,41);2-3,5,7-9,19H,4,6,10-11H2,1H3,(H,32,35)(H3,29,30,31);1,3-4,9-11,19-20,32-33H,2,5-8,12H2,(H,29,30)(H,31,34)(H,35,36)/t18?,26-,44?;19-;19-,20?/m000/s1. The number of carboxylic acid groups (broad SMARTS) is 2. The summed E-state index contributed by atoms with van der Waals surface area (Å²) in [5.74, 6) is -1.93. The molecule has 2 aliphatic heterocycles. The van der Waals surface area contributed by atoms with Crippen molar-refractivity contribution in [3.63, 3.8) is 0 Å². The number of benzene rings is 7. The fourth-order valence-electron chi connectivity index (χ4n) is 12.8. The fraction of sp³-hybridized carbons (Fsp3) is 0.272. The number of furan rings is 2. The molecule has 28 nitrogen and oxygen atoms in total. The number of rotatable bonds is 27. The maximum atomic E-state index is 13.4. The third-order valence-corrected chi connectivity index (χ3v) is 21.6. The number of aliphatic carboxylic acids is 2. The van der Waals surface area contributed by atoms with Crippen LogP contribution in [-0.2, 0) is 62.9 Å². The molecule has 9 aromatic rings. The largest absolute Gasteiger partial charge is 0.508 e. The molecular formula is C81H78Cl6FN13O15S. The molecule has 6 atom stereocenters. The molecule has 2 aliphatic rings. The van der Waals surface area contributed by atoms with E-state index in [1.807, 2.05) is 37.3 Å². The molecule has 612 valence electrons. The van der Waals surface area contributed by atoms with Gasteiger partial charge in [-0.15, -0.1) is 0 Å². The molecule has 0 saturated heterocycles.